The molecule has 0 bridgehead atoms. The van der Waals surface area contributed by atoms with E-state index in [2.05, 4.69) is 19.2 Å². The molecule has 1 aliphatic heterocycles. The highest BCUT2D eigenvalue weighted by molar-refractivity contribution is 5.94. The molecule has 222 valence electrons. The van der Waals surface area contributed by atoms with Crippen LogP contribution in [0.25, 0.3) is 6.08 Å². The van der Waals surface area contributed by atoms with Crippen molar-refractivity contribution in [1.29, 1.82) is 0 Å². The van der Waals surface area contributed by atoms with Gasteiger partial charge in [0.05, 0.1) is 25.0 Å². The van der Waals surface area contributed by atoms with Crippen LogP contribution >= 0.6 is 0 Å². The predicted molar refractivity (Wildman–Crippen MR) is 151 cm³/mol. The summed E-state index contributed by atoms with van der Waals surface area (Å²) >= 11 is 0. The van der Waals surface area contributed by atoms with Crippen LogP contribution in [0.3, 0.4) is 0 Å². The smallest absolute Gasteiger partial charge is 0.338 e. The summed E-state index contributed by atoms with van der Waals surface area (Å²) in [5.74, 6) is -1.62. The minimum Gasteiger partial charge on any atom is -0.499 e. The van der Waals surface area contributed by atoms with Gasteiger partial charge < -0.3 is 34.5 Å². The Morgan fingerprint density at radius 2 is 1.82 bits per heavy atom. The van der Waals surface area contributed by atoms with Crippen molar-refractivity contribution in [2.75, 3.05) is 26.4 Å². The van der Waals surface area contributed by atoms with Crippen molar-refractivity contribution in [2.24, 2.45) is 0 Å². The van der Waals surface area contributed by atoms with Crippen molar-refractivity contribution in [1.82, 2.24) is 5.32 Å². The van der Waals surface area contributed by atoms with E-state index in [0.717, 1.165) is 56.9 Å². The number of rotatable bonds is 17. The van der Waals surface area contributed by atoms with Gasteiger partial charge in [0.15, 0.2) is 5.79 Å². The van der Waals surface area contributed by atoms with Gasteiger partial charge in [0.1, 0.15) is 24.9 Å². The fourth-order valence-electron chi connectivity index (χ4n) is 5.11. The Balaban J connectivity index is 1.82. The Morgan fingerprint density at radius 1 is 1.07 bits per heavy atom. The molecule has 0 aromatic heterocycles. The van der Waals surface area contributed by atoms with Crippen molar-refractivity contribution in [3.05, 3.63) is 53.3 Å². The van der Waals surface area contributed by atoms with Gasteiger partial charge in [-0.1, -0.05) is 51.7 Å². The van der Waals surface area contributed by atoms with Crippen LogP contribution in [0, 0.1) is 0 Å². The number of fused-ring (bicyclic) bond motifs is 1. The topological polar surface area (TPSA) is 124 Å². The maximum atomic E-state index is 13.3. The van der Waals surface area contributed by atoms with Gasteiger partial charge in [0.2, 0.25) is 5.91 Å². The third-order valence-corrected chi connectivity index (χ3v) is 7.14. The Bertz CT molecular complexity index is 997. The maximum absolute atomic E-state index is 13.3. The average Bonchev–Trinajstić information content (AvgIpc) is 3.33. The molecule has 0 saturated carbocycles. The van der Waals surface area contributed by atoms with Crippen LogP contribution in [0.15, 0.2) is 42.2 Å². The lowest BCUT2D eigenvalue weighted by atomic mass is 9.91. The van der Waals surface area contributed by atoms with E-state index in [1.807, 2.05) is 6.07 Å². The number of amides is 1. The molecule has 1 fully saturated rings. The van der Waals surface area contributed by atoms with E-state index in [1.165, 1.54) is 6.26 Å². The van der Waals surface area contributed by atoms with Crippen LogP contribution in [0.4, 0.5) is 0 Å². The van der Waals surface area contributed by atoms with E-state index >= 15 is 0 Å². The van der Waals surface area contributed by atoms with Gasteiger partial charge >= 0.3 is 5.97 Å². The first-order chi connectivity index (χ1) is 19.4. The first kappa shape index (κ1) is 31.8. The van der Waals surface area contributed by atoms with E-state index in [9.17, 15) is 9.59 Å². The van der Waals surface area contributed by atoms with Gasteiger partial charge in [-0.25, -0.2) is 4.79 Å². The van der Waals surface area contributed by atoms with E-state index in [4.69, 9.17) is 29.2 Å². The van der Waals surface area contributed by atoms with E-state index < -0.39 is 30.1 Å². The summed E-state index contributed by atoms with van der Waals surface area (Å²) in [6, 6.07) is 6.94. The monoisotopic (exact) mass is 559 g/mol. The zero-order valence-corrected chi connectivity index (χ0v) is 23.8. The minimum absolute atomic E-state index is 0.0843. The summed E-state index contributed by atoms with van der Waals surface area (Å²) < 4.78 is 24.4. The molecule has 40 heavy (non-hydrogen) atoms. The second-order valence-corrected chi connectivity index (χ2v) is 10.3. The molecule has 1 aromatic carbocycles. The van der Waals surface area contributed by atoms with Gasteiger partial charge in [0, 0.05) is 31.4 Å². The SMILES string of the molecule is CCCCCC1(CCCCC)OC2C=C(C(=O)NCCO)CC(OC(=O)c3cccc(C=COCCO)c3)C2O1. The minimum atomic E-state index is -0.781. The molecule has 3 atom stereocenters. The lowest BCUT2D eigenvalue weighted by molar-refractivity contribution is -0.190. The fraction of sp³-hybridized carbons (Fsp3) is 0.613. The molecule has 9 heteroatoms. The van der Waals surface area contributed by atoms with Gasteiger partial charge in [-0.3, -0.25) is 4.79 Å². The van der Waals surface area contributed by atoms with Crippen LogP contribution in [-0.2, 0) is 23.7 Å². The number of unbranched alkanes of at least 4 members (excludes halogenated alkanes) is 4. The molecule has 3 N–H and O–H groups in total. The van der Waals surface area contributed by atoms with Crippen LogP contribution < -0.4 is 5.32 Å². The molecule has 3 unspecified atom stereocenters. The molecule has 9 nitrogen and oxygen atoms in total. The van der Waals surface area contributed by atoms with Crippen LogP contribution in [0.5, 0.6) is 0 Å². The highest BCUT2D eigenvalue weighted by Crippen LogP contribution is 2.43. The van der Waals surface area contributed by atoms with Crippen molar-refractivity contribution in [2.45, 2.75) is 95.7 Å². The summed E-state index contributed by atoms with van der Waals surface area (Å²) in [7, 11) is 0. The Labute approximate surface area is 237 Å². The quantitative estimate of drug-likeness (QED) is 0.147. The van der Waals surface area contributed by atoms with Crippen LogP contribution in [-0.4, -0.2) is 72.6 Å². The number of hydrogen-bond acceptors (Lipinski definition) is 8. The molecule has 1 amide bonds. The van der Waals surface area contributed by atoms with E-state index in [1.54, 1.807) is 30.4 Å². The number of aliphatic hydroxyl groups excluding tert-OH is 2. The third kappa shape index (κ3) is 9.16. The Morgan fingerprint density at radius 3 is 2.50 bits per heavy atom. The highest BCUT2D eigenvalue weighted by Gasteiger charge is 2.52. The second kappa shape index (κ2) is 16.5. The summed E-state index contributed by atoms with van der Waals surface area (Å²) in [5.41, 5.74) is 1.55. The summed E-state index contributed by atoms with van der Waals surface area (Å²) in [4.78, 5) is 26.2. The number of hydrogen-bond donors (Lipinski definition) is 3. The molecule has 2 aliphatic rings. The molecule has 1 saturated heterocycles. The summed E-state index contributed by atoms with van der Waals surface area (Å²) in [6.45, 7) is 4.37. The molecule has 1 aromatic rings. The normalized spacial score (nSPS) is 21.6. The molecule has 3 rings (SSSR count). The van der Waals surface area contributed by atoms with Crippen molar-refractivity contribution in [3.63, 3.8) is 0 Å². The van der Waals surface area contributed by atoms with Crippen LogP contribution in [0.1, 0.15) is 87.6 Å². The third-order valence-electron chi connectivity index (χ3n) is 7.14. The largest absolute Gasteiger partial charge is 0.499 e. The lowest BCUT2D eigenvalue weighted by Gasteiger charge is -2.31. The summed E-state index contributed by atoms with van der Waals surface area (Å²) in [5, 5.41) is 20.7. The highest BCUT2D eigenvalue weighted by atomic mass is 16.8. The zero-order chi connectivity index (χ0) is 28.8. The molecule has 0 spiro atoms. The molecule has 1 aliphatic carbocycles. The second-order valence-electron chi connectivity index (χ2n) is 10.3. The van der Waals surface area contributed by atoms with Gasteiger partial charge in [0.25, 0.3) is 0 Å². The van der Waals surface area contributed by atoms with Crippen molar-refractivity contribution in [3.8, 4) is 0 Å². The molecule has 0 radical (unpaired) electrons. The zero-order valence-electron chi connectivity index (χ0n) is 23.8. The Hall–Kier alpha value is -2.72. The number of aliphatic hydroxyl groups is 2. The van der Waals surface area contributed by atoms with E-state index in [0.29, 0.717) is 11.1 Å². The molecule has 1 heterocycles. The number of benzene rings is 1. The first-order valence-electron chi connectivity index (χ1n) is 14.6. The van der Waals surface area contributed by atoms with Gasteiger partial charge in [-0.2, -0.15) is 0 Å². The fourth-order valence-corrected chi connectivity index (χ4v) is 5.11. The first-order valence-corrected chi connectivity index (χ1v) is 14.6. The standard InChI is InChI=1S/C31H45NO8/c1-3-5-7-13-31(14-8-6-4-2)39-27-22-25(29(35)32-15-16-33)21-26(28(27)40-31)38-30(36)24-11-9-10-23(20-24)12-18-37-19-17-34/h9-12,18,20,22,26-28,33-34H,3-8,13-17,19,21H2,1-2H3,(H,32,35). The number of ether oxygens (including phenoxy) is 4. The van der Waals surface area contributed by atoms with Crippen molar-refractivity contribution < 1.29 is 38.7 Å². The number of esters is 1. The Kier molecular flexibility index (Phi) is 13.1. The molecular formula is C31H45NO8. The number of nitrogens with one attached hydrogen (secondary N) is 1. The van der Waals surface area contributed by atoms with Gasteiger partial charge in [-0.15, -0.1) is 0 Å². The molecular weight excluding hydrogens is 514 g/mol. The number of carbonyl (C=O) groups excluding carboxylic acids is 2. The van der Waals surface area contributed by atoms with Crippen molar-refractivity contribution >= 4 is 18.0 Å². The predicted octanol–water partition coefficient (Wildman–Crippen LogP) is 4.27. The maximum Gasteiger partial charge on any atom is 0.338 e. The summed E-state index contributed by atoms with van der Waals surface area (Å²) in [6.07, 6.45) is 11.1. The lowest BCUT2D eigenvalue weighted by Crippen LogP contribution is -2.43. The van der Waals surface area contributed by atoms with Gasteiger partial charge in [-0.05, 0) is 42.7 Å². The van der Waals surface area contributed by atoms with Crippen LogP contribution in [0.2, 0.25) is 0 Å². The average molecular weight is 560 g/mol. The number of carbonyl (C=O) groups is 2. The van der Waals surface area contributed by atoms with E-state index in [-0.39, 0.29) is 38.7 Å².